The molecular formula is C16H22N2O. The Morgan fingerprint density at radius 1 is 1.32 bits per heavy atom. The minimum absolute atomic E-state index is 0.490. The molecule has 0 amide bonds. The van der Waals surface area contributed by atoms with E-state index < -0.39 is 0 Å². The molecule has 0 spiro atoms. The third-order valence-corrected chi connectivity index (χ3v) is 4.40. The number of ether oxygens (including phenoxy) is 1. The zero-order chi connectivity index (χ0) is 13.4. The van der Waals surface area contributed by atoms with Gasteiger partial charge in [0.2, 0.25) is 0 Å². The highest BCUT2D eigenvalue weighted by Crippen LogP contribution is 2.37. The summed E-state index contributed by atoms with van der Waals surface area (Å²) in [5, 5.41) is 5.00. The van der Waals surface area contributed by atoms with Gasteiger partial charge in [-0.25, -0.2) is 0 Å². The summed E-state index contributed by atoms with van der Waals surface area (Å²) >= 11 is 0. The van der Waals surface area contributed by atoms with Crippen molar-refractivity contribution < 1.29 is 4.74 Å². The lowest BCUT2D eigenvalue weighted by Gasteiger charge is -2.24. The number of fused-ring (bicyclic) bond motifs is 1. The van der Waals surface area contributed by atoms with Crippen LogP contribution in [-0.2, 0) is 7.05 Å². The van der Waals surface area contributed by atoms with Crippen molar-refractivity contribution in [2.45, 2.75) is 32.2 Å². The molecule has 1 saturated heterocycles. The van der Waals surface area contributed by atoms with Crippen LogP contribution >= 0.6 is 0 Å². The van der Waals surface area contributed by atoms with Crippen LogP contribution in [-0.4, -0.2) is 18.2 Å². The van der Waals surface area contributed by atoms with E-state index in [2.05, 4.69) is 36.0 Å². The van der Waals surface area contributed by atoms with Gasteiger partial charge in [-0.2, -0.15) is 0 Å². The summed E-state index contributed by atoms with van der Waals surface area (Å²) in [7, 11) is 3.88. The fraction of sp³-hybridized carbons (Fsp3) is 0.500. The minimum Gasteiger partial charge on any atom is -0.495 e. The highest BCUT2D eigenvalue weighted by Gasteiger charge is 2.23. The fourth-order valence-electron chi connectivity index (χ4n) is 3.33. The lowest BCUT2D eigenvalue weighted by molar-refractivity contribution is 0.412. The number of rotatable bonds is 2. The fourth-order valence-corrected chi connectivity index (χ4v) is 3.33. The van der Waals surface area contributed by atoms with Crippen molar-refractivity contribution in [3.63, 3.8) is 0 Å². The Morgan fingerprint density at radius 2 is 2.16 bits per heavy atom. The molecule has 2 heterocycles. The molecule has 0 aliphatic carbocycles. The number of hydrogen-bond acceptors (Lipinski definition) is 2. The Labute approximate surface area is 114 Å². The summed E-state index contributed by atoms with van der Waals surface area (Å²) in [6.45, 7) is 3.34. The Kier molecular flexibility index (Phi) is 3.23. The normalized spacial score (nSPS) is 19.8. The first kappa shape index (κ1) is 12.5. The van der Waals surface area contributed by atoms with Crippen LogP contribution in [0.4, 0.5) is 0 Å². The molecule has 0 saturated carbocycles. The minimum atomic E-state index is 0.490. The topological polar surface area (TPSA) is 26.2 Å². The van der Waals surface area contributed by atoms with Gasteiger partial charge >= 0.3 is 0 Å². The molecule has 19 heavy (non-hydrogen) atoms. The van der Waals surface area contributed by atoms with Gasteiger partial charge in [0.05, 0.1) is 12.6 Å². The van der Waals surface area contributed by atoms with E-state index in [-0.39, 0.29) is 0 Å². The van der Waals surface area contributed by atoms with Crippen molar-refractivity contribution in [1.82, 2.24) is 9.88 Å². The largest absolute Gasteiger partial charge is 0.495 e. The van der Waals surface area contributed by atoms with Gasteiger partial charge in [0.1, 0.15) is 5.75 Å². The number of methoxy groups -OCH3 is 1. The van der Waals surface area contributed by atoms with Crippen molar-refractivity contribution in [3.05, 3.63) is 29.5 Å². The van der Waals surface area contributed by atoms with Crippen LogP contribution in [0.2, 0.25) is 0 Å². The van der Waals surface area contributed by atoms with Crippen LogP contribution in [0, 0.1) is 6.92 Å². The van der Waals surface area contributed by atoms with Crippen LogP contribution in [0.15, 0.2) is 18.2 Å². The van der Waals surface area contributed by atoms with Gasteiger partial charge < -0.3 is 14.6 Å². The average Bonchev–Trinajstić information content (AvgIpc) is 2.72. The number of piperidine rings is 1. The van der Waals surface area contributed by atoms with Crippen LogP contribution in [0.1, 0.15) is 36.6 Å². The molecule has 1 N–H and O–H groups in total. The van der Waals surface area contributed by atoms with Gasteiger partial charge in [-0.3, -0.25) is 0 Å². The number of benzene rings is 1. The second-order valence-electron chi connectivity index (χ2n) is 5.42. The maximum atomic E-state index is 5.52. The first-order valence-corrected chi connectivity index (χ1v) is 7.09. The van der Waals surface area contributed by atoms with Crippen LogP contribution in [0.25, 0.3) is 10.9 Å². The van der Waals surface area contributed by atoms with Crippen molar-refractivity contribution in [2.24, 2.45) is 7.05 Å². The third-order valence-electron chi connectivity index (χ3n) is 4.40. The molecule has 1 unspecified atom stereocenters. The van der Waals surface area contributed by atoms with E-state index in [1.54, 1.807) is 7.11 Å². The van der Waals surface area contributed by atoms with Crippen LogP contribution < -0.4 is 10.1 Å². The summed E-state index contributed by atoms with van der Waals surface area (Å²) in [4.78, 5) is 0. The van der Waals surface area contributed by atoms with Gasteiger partial charge in [0.25, 0.3) is 0 Å². The van der Waals surface area contributed by atoms with Gasteiger partial charge in [-0.15, -0.1) is 0 Å². The van der Waals surface area contributed by atoms with E-state index in [1.807, 2.05) is 6.07 Å². The molecule has 1 aromatic carbocycles. The standard InChI is InChI=1S/C16H22N2O/c1-11-15(13-8-4-5-10-17-13)12-7-6-9-14(19-3)16(12)18(11)2/h6-7,9,13,17H,4-5,8,10H2,1-3H3. The molecule has 2 aromatic rings. The maximum Gasteiger partial charge on any atom is 0.143 e. The lowest BCUT2D eigenvalue weighted by Crippen LogP contribution is -2.27. The Morgan fingerprint density at radius 3 is 2.84 bits per heavy atom. The van der Waals surface area contributed by atoms with E-state index in [0.717, 1.165) is 12.3 Å². The monoisotopic (exact) mass is 258 g/mol. The molecule has 1 aliphatic heterocycles. The van der Waals surface area contributed by atoms with E-state index >= 15 is 0 Å². The number of aromatic nitrogens is 1. The number of hydrogen-bond donors (Lipinski definition) is 1. The zero-order valence-electron chi connectivity index (χ0n) is 12.0. The Balaban J connectivity index is 2.21. The highest BCUT2D eigenvalue weighted by atomic mass is 16.5. The summed E-state index contributed by atoms with van der Waals surface area (Å²) in [5.74, 6) is 0.963. The number of nitrogens with zero attached hydrogens (tertiary/aromatic N) is 1. The molecule has 1 aromatic heterocycles. The average molecular weight is 258 g/mol. The Hall–Kier alpha value is -1.48. The highest BCUT2D eigenvalue weighted by molar-refractivity contribution is 5.90. The van der Waals surface area contributed by atoms with E-state index in [4.69, 9.17) is 4.74 Å². The van der Waals surface area contributed by atoms with Gasteiger partial charge in [-0.05, 0) is 37.9 Å². The van der Waals surface area contributed by atoms with Crippen LogP contribution in [0.3, 0.4) is 0 Å². The predicted molar refractivity (Wildman–Crippen MR) is 78.8 cm³/mol. The molecule has 102 valence electrons. The molecule has 0 bridgehead atoms. The molecule has 3 heteroatoms. The van der Waals surface area contributed by atoms with E-state index in [0.29, 0.717) is 6.04 Å². The first-order valence-electron chi connectivity index (χ1n) is 7.09. The third kappa shape index (κ3) is 1.93. The van der Waals surface area contributed by atoms with Crippen molar-refractivity contribution in [2.75, 3.05) is 13.7 Å². The summed E-state index contributed by atoms with van der Waals surface area (Å²) < 4.78 is 7.79. The first-order chi connectivity index (χ1) is 9.24. The zero-order valence-corrected chi connectivity index (χ0v) is 12.0. The quantitative estimate of drug-likeness (QED) is 0.894. The van der Waals surface area contributed by atoms with E-state index in [9.17, 15) is 0 Å². The second-order valence-corrected chi connectivity index (χ2v) is 5.42. The van der Waals surface area contributed by atoms with Crippen molar-refractivity contribution in [3.8, 4) is 5.75 Å². The van der Waals surface area contributed by atoms with Gasteiger partial charge in [-0.1, -0.05) is 18.6 Å². The molecule has 3 rings (SSSR count). The number of aryl methyl sites for hydroxylation is 1. The summed E-state index contributed by atoms with van der Waals surface area (Å²) in [6, 6.07) is 6.84. The summed E-state index contributed by atoms with van der Waals surface area (Å²) in [5.41, 5.74) is 4.01. The van der Waals surface area contributed by atoms with Gasteiger partial charge in [0, 0.05) is 24.2 Å². The van der Waals surface area contributed by atoms with Crippen LogP contribution in [0.5, 0.6) is 5.75 Å². The van der Waals surface area contributed by atoms with E-state index in [1.165, 1.54) is 41.4 Å². The SMILES string of the molecule is COc1cccc2c(C3CCCCN3)c(C)n(C)c12. The number of para-hydroxylation sites is 1. The molecule has 1 aliphatic rings. The van der Waals surface area contributed by atoms with Crippen molar-refractivity contribution in [1.29, 1.82) is 0 Å². The molecular weight excluding hydrogens is 236 g/mol. The second kappa shape index (κ2) is 4.89. The smallest absolute Gasteiger partial charge is 0.143 e. The maximum absolute atomic E-state index is 5.52. The van der Waals surface area contributed by atoms with Gasteiger partial charge in [0.15, 0.2) is 0 Å². The predicted octanol–water partition coefficient (Wildman–Crippen LogP) is 3.31. The lowest BCUT2D eigenvalue weighted by atomic mass is 9.95. The molecule has 3 nitrogen and oxygen atoms in total. The van der Waals surface area contributed by atoms with Crippen molar-refractivity contribution >= 4 is 10.9 Å². The molecule has 1 fully saturated rings. The summed E-state index contributed by atoms with van der Waals surface area (Å²) in [6.07, 6.45) is 3.85. The number of nitrogens with one attached hydrogen (secondary N) is 1. The Bertz CT molecular complexity index is 594. The molecule has 0 radical (unpaired) electrons. The molecule has 1 atom stereocenters.